The Labute approximate surface area is 113 Å². The van der Waals surface area contributed by atoms with Crippen molar-refractivity contribution in [2.24, 2.45) is 0 Å². The number of aliphatic hydroxyl groups is 1. The summed E-state index contributed by atoms with van der Waals surface area (Å²) < 4.78 is 30.9. The molecule has 5 nitrogen and oxygen atoms in total. The van der Waals surface area contributed by atoms with E-state index in [1.165, 1.54) is 12.1 Å². The minimum absolute atomic E-state index is 0.0349. The van der Waals surface area contributed by atoms with Gasteiger partial charge in [-0.3, -0.25) is 0 Å². The zero-order valence-corrected chi connectivity index (χ0v) is 10.4. The van der Waals surface area contributed by atoms with Gasteiger partial charge in [-0.05, 0) is 17.7 Å². The van der Waals surface area contributed by atoms with Crippen molar-refractivity contribution in [2.75, 3.05) is 0 Å². The SMILES string of the molecule is N#CCC(O)Cc1nc(Cc2cc(F)cc(F)c2)no1. The van der Waals surface area contributed by atoms with Gasteiger partial charge in [0.15, 0.2) is 5.82 Å². The summed E-state index contributed by atoms with van der Waals surface area (Å²) in [6.45, 7) is 0. The average Bonchev–Trinajstić information content (AvgIpc) is 2.75. The Bertz CT molecular complexity index is 617. The smallest absolute Gasteiger partial charge is 0.229 e. The van der Waals surface area contributed by atoms with Crippen LogP contribution in [0.4, 0.5) is 8.78 Å². The molecule has 1 heterocycles. The fraction of sp³-hybridized carbons (Fsp3) is 0.308. The molecule has 0 spiro atoms. The van der Waals surface area contributed by atoms with Crippen LogP contribution in [0.5, 0.6) is 0 Å². The van der Waals surface area contributed by atoms with Crippen molar-refractivity contribution in [1.29, 1.82) is 5.26 Å². The van der Waals surface area contributed by atoms with Crippen molar-refractivity contribution < 1.29 is 18.4 Å². The molecule has 0 bridgehead atoms. The van der Waals surface area contributed by atoms with E-state index in [1.54, 1.807) is 0 Å². The fourth-order valence-electron chi connectivity index (χ4n) is 1.72. The number of benzene rings is 1. The Morgan fingerprint density at radius 3 is 2.65 bits per heavy atom. The van der Waals surface area contributed by atoms with Gasteiger partial charge in [0.05, 0.1) is 25.0 Å². The number of hydrogen-bond acceptors (Lipinski definition) is 5. The number of rotatable bonds is 5. The van der Waals surface area contributed by atoms with E-state index >= 15 is 0 Å². The van der Waals surface area contributed by atoms with Crippen molar-refractivity contribution >= 4 is 0 Å². The highest BCUT2D eigenvalue weighted by Gasteiger charge is 2.13. The van der Waals surface area contributed by atoms with Gasteiger partial charge in [-0.1, -0.05) is 5.16 Å². The van der Waals surface area contributed by atoms with Gasteiger partial charge in [-0.25, -0.2) is 8.78 Å². The van der Waals surface area contributed by atoms with Gasteiger partial charge >= 0.3 is 0 Å². The largest absolute Gasteiger partial charge is 0.392 e. The molecule has 2 rings (SSSR count). The maximum Gasteiger partial charge on any atom is 0.229 e. The average molecular weight is 279 g/mol. The standard InChI is InChI=1S/C13H11F2N3O2/c14-9-3-8(4-10(15)6-9)5-12-17-13(20-18-12)7-11(19)1-2-16/h3-4,6,11,19H,1,5,7H2. The summed E-state index contributed by atoms with van der Waals surface area (Å²) in [7, 11) is 0. The minimum atomic E-state index is -0.875. The lowest BCUT2D eigenvalue weighted by Crippen LogP contribution is -2.09. The second-order valence-corrected chi connectivity index (χ2v) is 4.28. The number of nitriles is 1. The van der Waals surface area contributed by atoms with Gasteiger partial charge < -0.3 is 9.63 Å². The first kappa shape index (κ1) is 14.1. The van der Waals surface area contributed by atoms with Crippen LogP contribution < -0.4 is 0 Å². The highest BCUT2D eigenvalue weighted by molar-refractivity contribution is 5.21. The number of nitrogens with zero attached hydrogens (tertiary/aromatic N) is 3. The van der Waals surface area contributed by atoms with E-state index in [9.17, 15) is 13.9 Å². The molecule has 1 atom stereocenters. The normalized spacial score (nSPS) is 12.1. The Balaban J connectivity index is 2.04. The lowest BCUT2D eigenvalue weighted by Gasteiger charge is -2.00. The van der Waals surface area contributed by atoms with E-state index in [4.69, 9.17) is 9.78 Å². The number of aliphatic hydroxyl groups excluding tert-OH is 1. The molecule has 0 amide bonds. The molecule has 0 radical (unpaired) electrons. The quantitative estimate of drug-likeness (QED) is 0.901. The van der Waals surface area contributed by atoms with Crippen molar-refractivity contribution in [3.8, 4) is 6.07 Å². The van der Waals surface area contributed by atoms with Crippen LogP contribution in [0.3, 0.4) is 0 Å². The van der Waals surface area contributed by atoms with Gasteiger partial charge in [-0.2, -0.15) is 10.2 Å². The topological polar surface area (TPSA) is 82.9 Å². The third kappa shape index (κ3) is 3.83. The van der Waals surface area contributed by atoms with Crippen molar-refractivity contribution in [3.63, 3.8) is 0 Å². The Morgan fingerprint density at radius 1 is 1.30 bits per heavy atom. The molecule has 1 aromatic carbocycles. The van der Waals surface area contributed by atoms with Gasteiger partial charge in [0.25, 0.3) is 0 Å². The molecule has 20 heavy (non-hydrogen) atoms. The molecule has 0 aliphatic rings. The van der Waals surface area contributed by atoms with Crippen LogP contribution in [0.2, 0.25) is 0 Å². The molecule has 0 saturated heterocycles. The van der Waals surface area contributed by atoms with Crippen LogP contribution in [0.15, 0.2) is 22.7 Å². The number of aromatic nitrogens is 2. The van der Waals surface area contributed by atoms with Crippen LogP contribution >= 0.6 is 0 Å². The van der Waals surface area contributed by atoms with Gasteiger partial charge in [0, 0.05) is 12.5 Å². The Hall–Kier alpha value is -2.33. The van der Waals surface area contributed by atoms with E-state index in [-0.39, 0.29) is 31.0 Å². The van der Waals surface area contributed by atoms with Crippen LogP contribution in [-0.2, 0) is 12.8 Å². The molecule has 0 fully saturated rings. The number of hydrogen-bond donors (Lipinski definition) is 1. The molecule has 7 heteroatoms. The second-order valence-electron chi connectivity index (χ2n) is 4.28. The molecule has 0 aliphatic carbocycles. The predicted octanol–water partition coefficient (Wildman–Crippen LogP) is 1.76. The summed E-state index contributed by atoms with van der Waals surface area (Å²) in [6, 6.07) is 4.97. The van der Waals surface area contributed by atoms with E-state index in [2.05, 4.69) is 10.1 Å². The Morgan fingerprint density at radius 2 is 2.00 bits per heavy atom. The molecule has 1 N–H and O–H groups in total. The second kappa shape index (κ2) is 6.21. The van der Waals surface area contributed by atoms with Crippen molar-refractivity contribution in [3.05, 3.63) is 47.1 Å². The maximum atomic E-state index is 13.0. The third-order valence-corrected chi connectivity index (χ3v) is 2.53. The first-order chi connectivity index (χ1) is 9.56. The molecule has 104 valence electrons. The summed E-state index contributed by atoms with van der Waals surface area (Å²) in [6.07, 6.45) is -0.725. The Kier molecular flexibility index (Phi) is 4.38. The first-order valence-electron chi connectivity index (χ1n) is 5.88. The molecule has 1 unspecified atom stereocenters. The first-order valence-corrected chi connectivity index (χ1v) is 5.88. The minimum Gasteiger partial charge on any atom is -0.392 e. The van der Waals surface area contributed by atoms with E-state index in [0.717, 1.165) is 6.07 Å². The highest BCUT2D eigenvalue weighted by Crippen LogP contribution is 2.12. The lowest BCUT2D eigenvalue weighted by atomic mass is 10.1. The van der Waals surface area contributed by atoms with Gasteiger partial charge in [-0.15, -0.1) is 0 Å². The lowest BCUT2D eigenvalue weighted by molar-refractivity contribution is 0.167. The number of halogens is 2. The maximum absolute atomic E-state index is 13.0. The molecular formula is C13H11F2N3O2. The summed E-state index contributed by atoms with van der Waals surface area (Å²) in [4.78, 5) is 4.00. The van der Waals surface area contributed by atoms with Crippen LogP contribution in [0, 0.1) is 23.0 Å². The van der Waals surface area contributed by atoms with Crippen LogP contribution in [-0.4, -0.2) is 21.4 Å². The summed E-state index contributed by atoms with van der Waals surface area (Å²) >= 11 is 0. The zero-order valence-electron chi connectivity index (χ0n) is 10.4. The predicted molar refractivity (Wildman–Crippen MR) is 63.4 cm³/mol. The van der Waals surface area contributed by atoms with E-state index < -0.39 is 17.7 Å². The summed E-state index contributed by atoms with van der Waals surface area (Å²) in [5, 5.41) is 21.5. The van der Waals surface area contributed by atoms with Crippen molar-refractivity contribution in [1.82, 2.24) is 10.1 Å². The van der Waals surface area contributed by atoms with Crippen molar-refractivity contribution in [2.45, 2.75) is 25.4 Å². The van der Waals surface area contributed by atoms with E-state index in [0.29, 0.717) is 5.56 Å². The molecule has 0 aliphatic heterocycles. The monoisotopic (exact) mass is 279 g/mol. The highest BCUT2D eigenvalue weighted by atomic mass is 19.1. The molecule has 0 saturated carbocycles. The summed E-state index contributed by atoms with van der Waals surface area (Å²) in [5.41, 5.74) is 0.382. The van der Waals surface area contributed by atoms with E-state index in [1.807, 2.05) is 6.07 Å². The summed E-state index contributed by atoms with van der Waals surface area (Å²) in [5.74, 6) is -0.907. The third-order valence-electron chi connectivity index (χ3n) is 2.53. The van der Waals surface area contributed by atoms with Gasteiger partial charge in [0.2, 0.25) is 5.89 Å². The molecule has 2 aromatic rings. The molecule has 1 aromatic heterocycles. The van der Waals surface area contributed by atoms with Crippen LogP contribution in [0.1, 0.15) is 23.7 Å². The van der Waals surface area contributed by atoms with Crippen LogP contribution in [0.25, 0.3) is 0 Å². The van der Waals surface area contributed by atoms with Gasteiger partial charge in [0.1, 0.15) is 11.6 Å². The fourth-order valence-corrected chi connectivity index (χ4v) is 1.72. The zero-order chi connectivity index (χ0) is 14.5. The molecular weight excluding hydrogens is 268 g/mol.